The third-order valence-corrected chi connectivity index (χ3v) is 4.80. The van der Waals surface area contributed by atoms with Gasteiger partial charge in [0.2, 0.25) is 0 Å². The van der Waals surface area contributed by atoms with Gasteiger partial charge in [0, 0.05) is 19.4 Å². The van der Waals surface area contributed by atoms with Crippen LogP contribution in [0.3, 0.4) is 0 Å². The zero-order chi connectivity index (χ0) is 21.3. The second-order valence-electron chi connectivity index (χ2n) is 7.07. The highest BCUT2D eigenvalue weighted by Gasteiger charge is 2.09. The molecule has 0 atom stereocenters. The molecule has 30 heavy (non-hydrogen) atoms. The number of fused-ring (bicyclic) bond motifs is 1. The highest BCUT2D eigenvalue weighted by atomic mass is 16.5. The molecule has 0 radical (unpaired) electrons. The predicted molar refractivity (Wildman–Crippen MR) is 114 cm³/mol. The summed E-state index contributed by atoms with van der Waals surface area (Å²) in [6, 6.07) is 15.1. The number of esters is 1. The number of aromatic amines is 1. The molecular formula is C23H25N3O4. The first kappa shape index (κ1) is 21.2. The Bertz CT molecular complexity index is 1090. The van der Waals surface area contributed by atoms with Crippen LogP contribution in [0.5, 0.6) is 0 Å². The fraction of sp³-hybridized carbons (Fsp3) is 0.304. The lowest BCUT2D eigenvalue weighted by Gasteiger charge is -2.08. The highest BCUT2D eigenvalue weighted by Crippen LogP contribution is 2.08. The monoisotopic (exact) mass is 407 g/mol. The molecule has 3 aromatic rings. The summed E-state index contributed by atoms with van der Waals surface area (Å²) in [6.45, 7) is 2.22. The maximum absolute atomic E-state index is 12.0. The number of H-pyrrole nitrogens is 1. The van der Waals surface area contributed by atoms with Crippen LogP contribution < -0.4 is 10.9 Å². The van der Waals surface area contributed by atoms with Crippen molar-refractivity contribution in [3.8, 4) is 0 Å². The minimum Gasteiger partial charge on any atom is -0.456 e. The van der Waals surface area contributed by atoms with Gasteiger partial charge in [-0.15, -0.1) is 0 Å². The van der Waals surface area contributed by atoms with Crippen molar-refractivity contribution >= 4 is 22.8 Å². The number of aromatic nitrogens is 2. The van der Waals surface area contributed by atoms with E-state index in [1.165, 1.54) is 11.1 Å². The number of nitrogens with zero attached hydrogens (tertiary/aromatic N) is 1. The van der Waals surface area contributed by atoms with Crippen LogP contribution >= 0.6 is 0 Å². The van der Waals surface area contributed by atoms with Gasteiger partial charge in [0.05, 0.1) is 10.9 Å². The number of carbonyl (C=O) groups is 2. The van der Waals surface area contributed by atoms with Crippen molar-refractivity contribution < 1.29 is 14.3 Å². The molecule has 0 aliphatic heterocycles. The van der Waals surface area contributed by atoms with Gasteiger partial charge in [-0.25, -0.2) is 4.98 Å². The first-order valence-corrected chi connectivity index (χ1v) is 9.97. The van der Waals surface area contributed by atoms with E-state index in [9.17, 15) is 14.4 Å². The van der Waals surface area contributed by atoms with Gasteiger partial charge in [0.1, 0.15) is 5.82 Å². The molecule has 0 fully saturated rings. The largest absolute Gasteiger partial charge is 0.456 e. The standard InChI is InChI=1S/C23H25N3O4/c1-16-7-2-3-8-17(16)13-14-24-21(27)15-30-22(28)12-6-11-20-25-19-10-5-4-9-18(19)23(29)26-20/h2-5,7-10H,6,11-15H2,1H3,(H,24,27)(H,25,26,29). The molecular weight excluding hydrogens is 382 g/mol. The van der Waals surface area contributed by atoms with E-state index in [1.807, 2.05) is 37.3 Å². The summed E-state index contributed by atoms with van der Waals surface area (Å²) < 4.78 is 5.02. The first-order valence-electron chi connectivity index (χ1n) is 9.97. The predicted octanol–water partition coefficient (Wildman–Crippen LogP) is 2.46. The van der Waals surface area contributed by atoms with Crippen LogP contribution in [-0.2, 0) is 27.2 Å². The quantitative estimate of drug-likeness (QED) is 0.531. The number of para-hydroxylation sites is 1. The number of benzene rings is 2. The summed E-state index contributed by atoms with van der Waals surface area (Å²) >= 11 is 0. The van der Waals surface area contributed by atoms with E-state index in [4.69, 9.17) is 4.74 Å². The number of nitrogens with one attached hydrogen (secondary N) is 2. The molecule has 156 valence electrons. The molecule has 7 heteroatoms. The van der Waals surface area contributed by atoms with Gasteiger partial charge in [0.25, 0.3) is 11.5 Å². The topological polar surface area (TPSA) is 101 Å². The van der Waals surface area contributed by atoms with Crippen molar-refractivity contribution in [1.29, 1.82) is 0 Å². The average molecular weight is 407 g/mol. The van der Waals surface area contributed by atoms with Gasteiger partial charge in [-0.1, -0.05) is 36.4 Å². The van der Waals surface area contributed by atoms with Gasteiger partial charge in [0.15, 0.2) is 6.61 Å². The van der Waals surface area contributed by atoms with E-state index in [0.29, 0.717) is 36.1 Å². The van der Waals surface area contributed by atoms with Crippen molar-refractivity contribution in [3.63, 3.8) is 0 Å². The second-order valence-corrected chi connectivity index (χ2v) is 7.07. The summed E-state index contributed by atoms with van der Waals surface area (Å²) in [5.41, 5.74) is 2.79. The molecule has 3 rings (SSSR count). The molecule has 2 aromatic carbocycles. The van der Waals surface area contributed by atoms with E-state index in [-0.39, 0.29) is 24.5 Å². The van der Waals surface area contributed by atoms with Gasteiger partial charge < -0.3 is 15.0 Å². The molecule has 2 N–H and O–H groups in total. The molecule has 0 saturated carbocycles. The van der Waals surface area contributed by atoms with Crippen LogP contribution in [0.15, 0.2) is 53.3 Å². The normalized spacial score (nSPS) is 10.7. The third-order valence-electron chi connectivity index (χ3n) is 4.80. The zero-order valence-corrected chi connectivity index (χ0v) is 16.9. The van der Waals surface area contributed by atoms with E-state index >= 15 is 0 Å². The van der Waals surface area contributed by atoms with Crippen LogP contribution in [0.4, 0.5) is 0 Å². The number of hydrogen-bond acceptors (Lipinski definition) is 5. The molecule has 0 bridgehead atoms. The lowest BCUT2D eigenvalue weighted by atomic mass is 10.1. The van der Waals surface area contributed by atoms with Gasteiger partial charge in [-0.05, 0) is 43.0 Å². The van der Waals surface area contributed by atoms with Crippen molar-refractivity contribution in [2.24, 2.45) is 0 Å². The molecule has 0 aliphatic carbocycles. The van der Waals surface area contributed by atoms with Gasteiger partial charge >= 0.3 is 5.97 Å². The highest BCUT2D eigenvalue weighted by molar-refractivity contribution is 5.80. The number of aryl methyl sites for hydroxylation is 2. The first-order chi connectivity index (χ1) is 14.5. The second kappa shape index (κ2) is 10.3. The van der Waals surface area contributed by atoms with Gasteiger partial charge in [-0.2, -0.15) is 0 Å². The maximum atomic E-state index is 12.0. The number of hydrogen-bond donors (Lipinski definition) is 2. The van der Waals surface area contributed by atoms with Crippen LogP contribution in [0.25, 0.3) is 10.9 Å². The Kier molecular flexibility index (Phi) is 7.32. The van der Waals surface area contributed by atoms with E-state index < -0.39 is 5.97 Å². The molecule has 7 nitrogen and oxygen atoms in total. The summed E-state index contributed by atoms with van der Waals surface area (Å²) in [7, 11) is 0. The number of ether oxygens (including phenoxy) is 1. The smallest absolute Gasteiger partial charge is 0.306 e. The summed E-state index contributed by atoms with van der Waals surface area (Å²) in [5, 5.41) is 3.29. The molecule has 1 heterocycles. The van der Waals surface area contributed by atoms with E-state index in [2.05, 4.69) is 15.3 Å². The Morgan fingerprint density at radius 1 is 1.07 bits per heavy atom. The lowest BCUT2D eigenvalue weighted by Crippen LogP contribution is -2.30. The number of rotatable bonds is 9. The molecule has 0 unspecified atom stereocenters. The third kappa shape index (κ3) is 6.01. The Morgan fingerprint density at radius 2 is 1.83 bits per heavy atom. The van der Waals surface area contributed by atoms with Gasteiger partial charge in [-0.3, -0.25) is 14.4 Å². The van der Waals surface area contributed by atoms with Crippen molar-refractivity contribution in [2.45, 2.75) is 32.6 Å². The van der Waals surface area contributed by atoms with Crippen molar-refractivity contribution in [2.75, 3.05) is 13.2 Å². The summed E-state index contributed by atoms with van der Waals surface area (Å²) in [6.07, 6.45) is 1.78. The van der Waals surface area contributed by atoms with Crippen LogP contribution in [0.2, 0.25) is 0 Å². The zero-order valence-electron chi connectivity index (χ0n) is 16.9. The molecule has 1 amide bonds. The maximum Gasteiger partial charge on any atom is 0.306 e. The molecule has 0 aliphatic rings. The minimum atomic E-state index is -0.452. The van der Waals surface area contributed by atoms with E-state index in [0.717, 1.165) is 6.42 Å². The Hall–Kier alpha value is -3.48. The Labute approximate surface area is 174 Å². The molecule has 0 saturated heterocycles. The fourth-order valence-electron chi connectivity index (χ4n) is 3.15. The van der Waals surface area contributed by atoms with Crippen LogP contribution in [-0.4, -0.2) is 35.0 Å². The molecule has 0 spiro atoms. The van der Waals surface area contributed by atoms with Crippen LogP contribution in [0.1, 0.15) is 29.8 Å². The summed E-state index contributed by atoms with van der Waals surface area (Å²) in [4.78, 5) is 42.9. The molecule has 1 aromatic heterocycles. The fourth-order valence-corrected chi connectivity index (χ4v) is 3.15. The minimum absolute atomic E-state index is 0.146. The Balaban J connectivity index is 1.35. The summed E-state index contributed by atoms with van der Waals surface area (Å²) in [5.74, 6) is -0.245. The average Bonchev–Trinajstić information content (AvgIpc) is 2.74. The van der Waals surface area contributed by atoms with Crippen LogP contribution in [0, 0.1) is 6.92 Å². The number of amides is 1. The van der Waals surface area contributed by atoms with Crippen molar-refractivity contribution in [1.82, 2.24) is 15.3 Å². The lowest BCUT2D eigenvalue weighted by molar-refractivity contribution is -0.148. The SMILES string of the molecule is Cc1ccccc1CCNC(=O)COC(=O)CCCc1nc2ccccc2c(=O)[nH]1. The number of carbonyl (C=O) groups excluding carboxylic acids is 2. The van der Waals surface area contributed by atoms with Crippen molar-refractivity contribution in [3.05, 3.63) is 75.8 Å². The van der Waals surface area contributed by atoms with E-state index in [1.54, 1.807) is 18.2 Å². The Morgan fingerprint density at radius 3 is 2.67 bits per heavy atom.